The third-order valence-corrected chi connectivity index (χ3v) is 4.45. The highest BCUT2D eigenvalue weighted by Crippen LogP contribution is 2.40. The van der Waals surface area contributed by atoms with Gasteiger partial charge in [0.2, 0.25) is 0 Å². The lowest BCUT2D eigenvalue weighted by Gasteiger charge is -2.43. The minimum Gasteiger partial charge on any atom is -0.314 e. The molecule has 0 amide bonds. The normalized spacial score (nSPS) is 18.8. The molecule has 1 heterocycles. The molecule has 2 nitrogen and oxygen atoms in total. The molecule has 112 valence electrons. The lowest BCUT2D eigenvalue weighted by molar-refractivity contribution is 0.0872. The van der Waals surface area contributed by atoms with E-state index in [1.165, 1.54) is 16.3 Å². The van der Waals surface area contributed by atoms with E-state index in [2.05, 4.69) is 73.5 Å². The highest BCUT2D eigenvalue weighted by Gasteiger charge is 2.33. The summed E-state index contributed by atoms with van der Waals surface area (Å²) in [4.78, 5) is 2.65. The van der Waals surface area contributed by atoms with Crippen LogP contribution in [0.15, 0.2) is 42.5 Å². The number of nitrogens with one attached hydrogen (secondary N) is 1. The Bertz CT molecular complexity index is 601. The number of hydrogen-bond acceptors (Lipinski definition) is 2. The third kappa shape index (κ3) is 2.97. The summed E-state index contributed by atoms with van der Waals surface area (Å²) in [5.74, 6) is 0. The fourth-order valence-electron chi connectivity index (χ4n) is 3.64. The van der Waals surface area contributed by atoms with Gasteiger partial charge < -0.3 is 5.32 Å². The molecule has 0 spiro atoms. The highest BCUT2D eigenvalue weighted by atomic mass is 15.2. The topological polar surface area (TPSA) is 15.3 Å². The van der Waals surface area contributed by atoms with Crippen molar-refractivity contribution in [2.75, 3.05) is 26.2 Å². The van der Waals surface area contributed by atoms with Crippen molar-refractivity contribution >= 4 is 10.8 Å². The van der Waals surface area contributed by atoms with Crippen LogP contribution < -0.4 is 5.32 Å². The van der Waals surface area contributed by atoms with E-state index in [1.54, 1.807) is 0 Å². The van der Waals surface area contributed by atoms with Gasteiger partial charge >= 0.3 is 0 Å². The predicted octanol–water partition coefficient (Wildman–Crippen LogP) is 3.83. The molecular formula is C19H26N2. The Hall–Kier alpha value is -1.38. The van der Waals surface area contributed by atoms with Crippen molar-refractivity contribution in [3.05, 3.63) is 48.0 Å². The van der Waals surface area contributed by atoms with Gasteiger partial charge in [0, 0.05) is 32.2 Å². The molecule has 0 aromatic heterocycles. The van der Waals surface area contributed by atoms with Crippen molar-refractivity contribution in [3.8, 4) is 0 Å². The van der Waals surface area contributed by atoms with E-state index >= 15 is 0 Å². The van der Waals surface area contributed by atoms with Crippen LogP contribution >= 0.6 is 0 Å². The van der Waals surface area contributed by atoms with Crippen LogP contribution in [0.4, 0.5) is 0 Å². The molecule has 1 N–H and O–H groups in total. The first kappa shape index (κ1) is 14.6. The summed E-state index contributed by atoms with van der Waals surface area (Å²) < 4.78 is 0. The number of hydrogen-bond donors (Lipinski definition) is 1. The molecule has 0 bridgehead atoms. The van der Waals surface area contributed by atoms with E-state index in [0.717, 1.165) is 26.2 Å². The van der Waals surface area contributed by atoms with E-state index < -0.39 is 0 Å². The van der Waals surface area contributed by atoms with Crippen molar-refractivity contribution < 1.29 is 0 Å². The zero-order chi connectivity index (χ0) is 14.9. The Morgan fingerprint density at radius 3 is 2.33 bits per heavy atom. The highest BCUT2D eigenvalue weighted by molar-refractivity contribution is 5.86. The number of rotatable bonds is 2. The molecule has 1 saturated heterocycles. The van der Waals surface area contributed by atoms with Crippen LogP contribution in [0.5, 0.6) is 0 Å². The minimum absolute atomic E-state index is 0.224. The van der Waals surface area contributed by atoms with Crippen LogP contribution in [0.1, 0.15) is 32.4 Å². The molecule has 21 heavy (non-hydrogen) atoms. The second-order valence-corrected chi connectivity index (χ2v) is 7.12. The fraction of sp³-hybridized carbons (Fsp3) is 0.474. The van der Waals surface area contributed by atoms with Crippen LogP contribution in [-0.2, 0) is 0 Å². The molecule has 0 saturated carbocycles. The molecule has 0 aliphatic carbocycles. The Morgan fingerprint density at radius 2 is 1.62 bits per heavy atom. The maximum Gasteiger partial charge on any atom is 0.0403 e. The van der Waals surface area contributed by atoms with Gasteiger partial charge in [-0.25, -0.2) is 0 Å². The zero-order valence-electron chi connectivity index (χ0n) is 13.4. The van der Waals surface area contributed by atoms with E-state index in [9.17, 15) is 0 Å². The zero-order valence-corrected chi connectivity index (χ0v) is 13.4. The van der Waals surface area contributed by atoms with Crippen molar-refractivity contribution in [1.82, 2.24) is 10.2 Å². The van der Waals surface area contributed by atoms with Crippen LogP contribution in [0.3, 0.4) is 0 Å². The summed E-state index contributed by atoms with van der Waals surface area (Å²) in [6, 6.07) is 16.0. The van der Waals surface area contributed by atoms with Crippen LogP contribution in [-0.4, -0.2) is 31.1 Å². The number of piperazine rings is 1. The average molecular weight is 282 g/mol. The van der Waals surface area contributed by atoms with E-state index in [0.29, 0.717) is 6.04 Å². The van der Waals surface area contributed by atoms with Gasteiger partial charge in [0.1, 0.15) is 0 Å². The van der Waals surface area contributed by atoms with Crippen molar-refractivity contribution in [2.24, 2.45) is 5.41 Å². The molecule has 2 aromatic rings. The van der Waals surface area contributed by atoms with Gasteiger partial charge in [-0.3, -0.25) is 4.90 Å². The number of fused-ring (bicyclic) bond motifs is 1. The fourth-order valence-corrected chi connectivity index (χ4v) is 3.64. The van der Waals surface area contributed by atoms with Gasteiger partial charge in [0.25, 0.3) is 0 Å². The van der Waals surface area contributed by atoms with Gasteiger partial charge in [-0.05, 0) is 21.8 Å². The lowest BCUT2D eigenvalue weighted by atomic mass is 9.79. The standard InChI is InChI=1S/C19H26N2/c1-19(2,3)18(21-13-11-20-12-14-21)17-10-6-8-15-7-4-5-9-16(15)17/h4-10,18,20H,11-14H2,1-3H3/t18-/m0/s1. The molecule has 1 aliphatic rings. The smallest absolute Gasteiger partial charge is 0.0403 e. The summed E-state index contributed by atoms with van der Waals surface area (Å²) >= 11 is 0. The Morgan fingerprint density at radius 1 is 0.952 bits per heavy atom. The van der Waals surface area contributed by atoms with Gasteiger partial charge in [-0.1, -0.05) is 63.2 Å². The molecule has 1 atom stereocenters. The molecule has 3 rings (SSSR count). The summed E-state index contributed by atoms with van der Waals surface area (Å²) in [5.41, 5.74) is 1.70. The van der Waals surface area contributed by atoms with Crippen molar-refractivity contribution in [1.29, 1.82) is 0 Å². The second-order valence-electron chi connectivity index (χ2n) is 7.12. The quantitative estimate of drug-likeness (QED) is 0.900. The van der Waals surface area contributed by atoms with Crippen LogP contribution in [0.2, 0.25) is 0 Å². The molecule has 2 aromatic carbocycles. The molecule has 2 heteroatoms. The Balaban J connectivity index is 2.10. The second kappa shape index (κ2) is 5.78. The minimum atomic E-state index is 0.224. The van der Waals surface area contributed by atoms with Gasteiger partial charge in [0.05, 0.1) is 0 Å². The molecule has 1 fully saturated rings. The van der Waals surface area contributed by atoms with Crippen LogP contribution in [0.25, 0.3) is 10.8 Å². The van der Waals surface area contributed by atoms with Gasteiger partial charge in [-0.2, -0.15) is 0 Å². The number of benzene rings is 2. The molecule has 0 radical (unpaired) electrons. The van der Waals surface area contributed by atoms with E-state index in [4.69, 9.17) is 0 Å². The van der Waals surface area contributed by atoms with Crippen molar-refractivity contribution in [2.45, 2.75) is 26.8 Å². The van der Waals surface area contributed by atoms with E-state index in [-0.39, 0.29) is 5.41 Å². The van der Waals surface area contributed by atoms with Crippen molar-refractivity contribution in [3.63, 3.8) is 0 Å². The monoisotopic (exact) mass is 282 g/mol. The van der Waals surface area contributed by atoms with Gasteiger partial charge in [-0.15, -0.1) is 0 Å². The summed E-state index contributed by atoms with van der Waals surface area (Å²) in [6.45, 7) is 11.5. The maximum atomic E-state index is 3.47. The first-order valence-electron chi connectivity index (χ1n) is 8.00. The number of nitrogens with zero attached hydrogens (tertiary/aromatic N) is 1. The Labute approximate surface area is 128 Å². The first-order chi connectivity index (χ1) is 10.1. The average Bonchev–Trinajstić information content (AvgIpc) is 2.47. The maximum absolute atomic E-state index is 3.47. The lowest BCUT2D eigenvalue weighted by Crippen LogP contribution is -2.48. The van der Waals surface area contributed by atoms with E-state index in [1.807, 2.05) is 0 Å². The summed E-state index contributed by atoms with van der Waals surface area (Å²) in [5, 5.41) is 6.22. The molecular weight excluding hydrogens is 256 g/mol. The van der Waals surface area contributed by atoms with Crippen LogP contribution in [0, 0.1) is 5.41 Å². The van der Waals surface area contributed by atoms with Gasteiger partial charge in [0.15, 0.2) is 0 Å². The predicted molar refractivity (Wildman–Crippen MR) is 90.6 cm³/mol. The largest absolute Gasteiger partial charge is 0.314 e. The third-order valence-electron chi connectivity index (χ3n) is 4.45. The molecule has 0 unspecified atom stereocenters. The first-order valence-corrected chi connectivity index (χ1v) is 8.00. The SMILES string of the molecule is CC(C)(C)[C@H](c1cccc2ccccc12)N1CCNCC1. The Kier molecular flexibility index (Phi) is 4.01. The summed E-state index contributed by atoms with van der Waals surface area (Å²) in [7, 11) is 0. The molecule has 1 aliphatic heterocycles. The summed E-state index contributed by atoms with van der Waals surface area (Å²) in [6.07, 6.45) is 0.